The van der Waals surface area contributed by atoms with Gasteiger partial charge in [-0.15, -0.1) is 0 Å². The van der Waals surface area contributed by atoms with Gasteiger partial charge in [0.05, 0.1) is 17.3 Å². The fourth-order valence-corrected chi connectivity index (χ4v) is 4.19. The van der Waals surface area contributed by atoms with E-state index in [0.717, 1.165) is 50.3 Å². The van der Waals surface area contributed by atoms with Gasteiger partial charge in [0.25, 0.3) is 5.91 Å². The number of likely N-dealkylation sites (tertiary alicyclic amines) is 2. The van der Waals surface area contributed by atoms with Crippen LogP contribution < -0.4 is 5.32 Å². The molecule has 4 rings (SSSR count). The highest BCUT2D eigenvalue weighted by molar-refractivity contribution is 5.95. The van der Waals surface area contributed by atoms with Crippen LogP contribution in [-0.2, 0) is 4.79 Å². The molecule has 0 aromatic carbocycles. The van der Waals surface area contributed by atoms with E-state index in [0.29, 0.717) is 11.5 Å². The highest BCUT2D eigenvalue weighted by Gasteiger charge is 2.36. The molecule has 3 fully saturated rings. The van der Waals surface area contributed by atoms with Crippen LogP contribution >= 0.6 is 0 Å². The Hall–Kier alpha value is -1.95. The van der Waals surface area contributed by atoms with Crippen LogP contribution in [0.15, 0.2) is 12.1 Å². The first kappa shape index (κ1) is 17.5. The molecule has 1 aromatic rings. The smallest absolute Gasteiger partial charge is 0.253 e. The maximum absolute atomic E-state index is 12.6. The number of pyridine rings is 1. The standard InChI is InChI=1S/C20H28N4O2/c1-13-16(5-6-17(21-13)14-3-4-14)19(25)22-15-7-11-24(12-8-15)18-9-10-23(2)20(18)26/h5-6,14-15,18H,3-4,7-12H2,1-2H3,(H,22,25). The summed E-state index contributed by atoms with van der Waals surface area (Å²) >= 11 is 0. The normalized spacial score (nSPS) is 24.9. The van der Waals surface area contributed by atoms with Gasteiger partial charge < -0.3 is 10.2 Å². The third kappa shape index (κ3) is 3.47. The Balaban J connectivity index is 1.31. The summed E-state index contributed by atoms with van der Waals surface area (Å²) in [6.07, 6.45) is 5.15. The number of hydrogen-bond acceptors (Lipinski definition) is 4. The number of carbonyl (C=O) groups excluding carboxylic acids is 2. The van der Waals surface area contributed by atoms with E-state index in [1.165, 1.54) is 12.8 Å². The van der Waals surface area contributed by atoms with Gasteiger partial charge in [-0.05, 0) is 51.2 Å². The van der Waals surface area contributed by atoms with Crippen molar-refractivity contribution in [3.63, 3.8) is 0 Å². The lowest BCUT2D eigenvalue weighted by atomic mass is 10.0. The Morgan fingerprint density at radius 3 is 2.42 bits per heavy atom. The van der Waals surface area contributed by atoms with E-state index in [1.807, 2.05) is 31.0 Å². The van der Waals surface area contributed by atoms with E-state index in [9.17, 15) is 9.59 Å². The predicted octanol–water partition coefficient (Wildman–Crippen LogP) is 1.69. The largest absolute Gasteiger partial charge is 0.349 e. The lowest BCUT2D eigenvalue weighted by Crippen LogP contribution is -2.50. The maximum Gasteiger partial charge on any atom is 0.253 e. The van der Waals surface area contributed by atoms with Gasteiger partial charge in [-0.1, -0.05) is 0 Å². The summed E-state index contributed by atoms with van der Waals surface area (Å²) in [4.78, 5) is 33.5. The molecule has 0 radical (unpaired) electrons. The molecule has 1 N–H and O–H groups in total. The molecule has 0 spiro atoms. The van der Waals surface area contributed by atoms with Gasteiger partial charge in [-0.2, -0.15) is 0 Å². The summed E-state index contributed by atoms with van der Waals surface area (Å²) in [6.45, 7) is 4.51. The van der Waals surface area contributed by atoms with Crippen molar-refractivity contribution >= 4 is 11.8 Å². The molecule has 0 bridgehead atoms. The summed E-state index contributed by atoms with van der Waals surface area (Å²) < 4.78 is 0. The number of rotatable bonds is 4. The van der Waals surface area contributed by atoms with E-state index in [1.54, 1.807) is 0 Å². The van der Waals surface area contributed by atoms with Crippen LogP contribution in [0, 0.1) is 6.92 Å². The Morgan fingerprint density at radius 2 is 1.85 bits per heavy atom. The molecular weight excluding hydrogens is 328 g/mol. The first-order valence-electron chi connectivity index (χ1n) is 9.80. The fraction of sp³-hybridized carbons (Fsp3) is 0.650. The average molecular weight is 356 g/mol. The van der Waals surface area contributed by atoms with Crippen molar-refractivity contribution in [1.29, 1.82) is 0 Å². The van der Waals surface area contributed by atoms with E-state index in [4.69, 9.17) is 0 Å². The zero-order valence-corrected chi connectivity index (χ0v) is 15.7. The van der Waals surface area contributed by atoms with E-state index in [-0.39, 0.29) is 23.9 Å². The van der Waals surface area contributed by atoms with Gasteiger partial charge in [0.1, 0.15) is 0 Å². The number of aryl methyl sites for hydroxylation is 1. The molecule has 6 nitrogen and oxygen atoms in total. The second-order valence-electron chi connectivity index (χ2n) is 7.99. The number of hydrogen-bond donors (Lipinski definition) is 1. The third-order valence-corrected chi connectivity index (χ3v) is 6.05. The van der Waals surface area contributed by atoms with Crippen LogP contribution in [-0.4, -0.2) is 65.4 Å². The number of piperidine rings is 1. The Labute approximate surface area is 155 Å². The van der Waals surface area contributed by atoms with Crippen LogP contribution in [0.3, 0.4) is 0 Å². The highest BCUT2D eigenvalue weighted by atomic mass is 16.2. The summed E-state index contributed by atoms with van der Waals surface area (Å²) in [5.41, 5.74) is 2.63. The number of aromatic nitrogens is 1. The monoisotopic (exact) mass is 356 g/mol. The summed E-state index contributed by atoms with van der Waals surface area (Å²) in [5, 5.41) is 3.17. The van der Waals surface area contributed by atoms with Crippen LogP contribution in [0.4, 0.5) is 0 Å². The Bertz CT molecular complexity index is 708. The fourth-order valence-electron chi connectivity index (χ4n) is 4.19. The van der Waals surface area contributed by atoms with Gasteiger partial charge in [-0.3, -0.25) is 19.5 Å². The molecule has 1 aliphatic carbocycles. The van der Waals surface area contributed by atoms with Crippen LogP contribution in [0.25, 0.3) is 0 Å². The second-order valence-corrected chi connectivity index (χ2v) is 7.99. The van der Waals surface area contributed by atoms with Crippen LogP contribution in [0.5, 0.6) is 0 Å². The van der Waals surface area contributed by atoms with Gasteiger partial charge in [-0.25, -0.2) is 0 Å². The van der Waals surface area contributed by atoms with Gasteiger partial charge in [0.15, 0.2) is 0 Å². The minimum atomic E-state index is -0.0209. The van der Waals surface area contributed by atoms with Crippen molar-refractivity contribution < 1.29 is 9.59 Å². The molecule has 1 atom stereocenters. The van der Waals surface area contributed by atoms with Crippen molar-refractivity contribution in [1.82, 2.24) is 20.1 Å². The molecule has 2 saturated heterocycles. The molecule has 2 aliphatic heterocycles. The molecule has 140 valence electrons. The van der Waals surface area contributed by atoms with Crippen LogP contribution in [0.2, 0.25) is 0 Å². The summed E-state index contributed by atoms with van der Waals surface area (Å²) in [6, 6.07) is 4.14. The lowest BCUT2D eigenvalue weighted by molar-refractivity contribution is -0.131. The molecule has 26 heavy (non-hydrogen) atoms. The van der Waals surface area contributed by atoms with Gasteiger partial charge >= 0.3 is 0 Å². The Kier molecular flexibility index (Phi) is 4.69. The molecule has 1 unspecified atom stereocenters. The van der Waals surface area contributed by atoms with Crippen molar-refractivity contribution in [3.8, 4) is 0 Å². The van der Waals surface area contributed by atoms with Crippen LogP contribution in [0.1, 0.15) is 59.8 Å². The van der Waals surface area contributed by atoms with Crippen molar-refractivity contribution in [2.24, 2.45) is 0 Å². The predicted molar refractivity (Wildman–Crippen MR) is 99.1 cm³/mol. The number of amides is 2. The molecule has 1 saturated carbocycles. The van der Waals surface area contributed by atoms with Gasteiger partial charge in [0, 0.05) is 44.3 Å². The quantitative estimate of drug-likeness (QED) is 0.892. The first-order chi connectivity index (χ1) is 12.5. The second kappa shape index (κ2) is 6.99. The number of carbonyl (C=O) groups is 2. The van der Waals surface area contributed by atoms with E-state index in [2.05, 4.69) is 15.2 Å². The van der Waals surface area contributed by atoms with Crippen molar-refractivity contribution in [2.45, 2.75) is 57.0 Å². The molecule has 1 aromatic heterocycles. The minimum absolute atomic E-state index is 0.0209. The molecule has 6 heteroatoms. The summed E-state index contributed by atoms with van der Waals surface area (Å²) in [5.74, 6) is 0.824. The SMILES string of the molecule is Cc1nc(C2CC2)ccc1C(=O)NC1CCN(C2CCN(C)C2=O)CC1. The van der Waals surface area contributed by atoms with E-state index >= 15 is 0 Å². The minimum Gasteiger partial charge on any atom is -0.349 e. The third-order valence-electron chi connectivity index (χ3n) is 6.05. The first-order valence-corrected chi connectivity index (χ1v) is 9.80. The molecular formula is C20H28N4O2. The molecule has 3 aliphatic rings. The highest BCUT2D eigenvalue weighted by Crippen LogP contribution is 2.39. The molecule has 2 amide bonds. The number of nitrogens with zero attached hydrogens (tertiary/aromatic N) is 3. The Morgan fingerprint density at radius 1 is 1.12 bits per heavy atom. The lowest BCUT2D eigenvalue weighted by Gasteiger charge is -2.35. The van der Waals surface area contributed by atoms with Crippen molar-refractivity contribution in [3.05, 3.63) is 29.1 Å². The zero-order chi connectivity index (χ0) is 18.3. The zero-order valence-electron chi connectivity index (χ0n) is 15.7. The maximum atomic E-state index is 12.6. The summed E-state index contributed by atoms with van der Waals surface area (Å²) in [7, 11) is 1.88. The topological polar surface area (TPSA) is 65.5 Å². The van der Waals surface area contributed by atoms with Crippen molar-refractivity contribution in [2.75, 3.05) is 26.7 Å². The average Bonchev–Trinajstić information content (AvgIpc) is 3.42. The number of nitrogens with one attached hydrogen (secondary N) is 1. The molecule has 3 heterocycles. The van der Waals surface area contributed by atoms with E-state index < -0.39 is 0 Å². The van der Waals surface area contributed by atoms with Gasteiger partial charge in [0.2, 0.25) is 5.91 Å². The number of likely N-dealkylation sites (N-methyl/N-ethyl adjacent to an activating group) is 1.